The van der Waals surface area contributed by atoms with Crippen molar-refractivity contribution in [1.29, 1.82) is 0 Å². The summed E-state index contributed by atoms with van der Waals surface area (Å²) in [6.45, 7) is 1.72. The maximum absolute atomic E-state index is 12.7. The Kier molecular flexibility index (Phi) is 5.71. The van der Waals surface area contributed by atoms with E-state index in [2.05, 4.69) is 10.2 Å². The Morgan fingerprint density at radius 1 is 1.00 bits per heavy atom. The summed E-state index contributed by atoms with van der Waals surface area (Å²) in [5.74, 6) is -0.563. The van der Waals surface area contributed by atoms with E-state index in [0.29, 0.717) is 38.3 Å². The molecule has 0 unspecified atom stereocenters. The lowest BCUT2D eigenvalue weighted by Gasteiger charge is -2.32. The average molecular weight is 411 g/mol. The Labute approximate surface area is 162 Å². The van der Waals surface area contributed by atoms with Crippen LogP contribution in [-0.2, 0) is 6.18 Å². The first-order valence-electron chi connectivity index (χ1n) is 8.51. The predicted molar refractivity (Wildman–Crippen MR) is 95.0 cm³/mol. The molecule has 0 spiro atoms. The van der Waals surface area contributed by atoms with Gasteiger partial charge < -0.3 is 10.1 Å². The Morgan fingerprint density at radius 3 is 2.24 bits per heavy atom. The van der Waals surface area contributed by atoms with Crippen molar-refractivity contribution in [3.05, 3.63) is 69.4 Å². The second-order valence-electron chi connectivity index (χ2n) is 6.14. The highest BCUT2D eigenvalue weighted by Gasteiger charge is 2.33. The van der Waals surface area contributed by atoms with E-state index in [1.165, 1.54) is 5.01 Å². The van der Waals surface area contributed by atoms with Crippen LogP contribution in [0.1, 0.15) is 5.56 Å². The van der Waals surface area contributed by atoms with E-state index in [-0.39, 0.29) is 4.97 Å². The quantitative estimate of drug-likeness (QED) is 0.323. The molecule has 29 heavy (non-hydrogen) atoms. The van der Waals surface area contributed by atoms with E-state index in [1.807, 2.05) is 30.3 Å². The van der Waals surface area contributed by atoms with Crippen LogP contribution in [-0.4, -0.2) is 41.1 Å². The summed E-state index contributed by atoms with van der Waals surface area (Å²) in [4.78, 5) is 17.0. The summed E-state index contributed by atoms with van der Waals surface area (Å²) < 4.78 is 38.2. The van der Waals surface area contributed by atoms with Crippen LogP contribution in [0.2, 0.25) is 0 Å². The molecule has 1 aliphatic heterocycles. The van der Waals surface area contributed by atoms with E-state index < -0.39 is 28.1 Å². The van der Waals surface area contributed by atoms with Crippen molar-refractivity contribution in [2.24, 2.45) is 5.28 Å². The second-order valence-corrected chi connectivity index (χ2v) is 6.14. The van der Waals surface area contributed by atoms with Crippen molar-refractivity contribution in [3.63, 3.8) is 0 Å². The zero-order valence-electron chi connectivity index (χ0n) is 15.0. The topological polar surface area (TPSA) is 97.3 Å². The van der Waals surface area contributed by atoms with Gasteiger partial charge in [-0.15, -0.1) is 5.01 Å². The fourth-order valence-corrected chi connectivity index (χ4v) is 2.81. The number of para-hydroxylation sites is 1. The van der Waals surface area contributed by atoms with Crippen LogP contribution in [0.15, 0.2) is 53.8 Å². The minimum absolute atomic E-state index is 0.143. The van der Waals surface area contributed by atoms with Gasteiger partial charge in [0.1, 0.15) is 0 Å². The molecule has 3 rings (SSSR count). The number of halogens is 3. The molecule has 2 aromatic rings. The molecule has 154 valence electrons. The third kappa shape index (κ3) is 4.83. The summed E-state index contributed by atoms with van der Waals surface area (Å²) >= 11 is 0. The number of hydrazine groups is 1. The lowest BCUT2D eigenvalue weighted by Crippen LogP contribution is -2.49. The molecule has 2 aromatic carbocycles. The lowest BCUT2D eigenvalue weighted by molar-refractivity contribution is -0.707. The molecule has 0 radical (unpaired) electrons. The smallest absolute Gasteiger partial charge is 0.416 e. The average Bonchev–Trinajstić information content (AvgIpc) is 2.72. The largest absolute Gasteiger partial charge is 0.569 e. The lowest BCUT2D eigenvalue weighted by atomic mass is 10.2. The third-order valence-corrected chi connectivity index (χ3v) is 4.31. The Balaban J connectivity index is 1.66. The number of nitro benzene ring substituents is 1. The van der Waals surface area contributed by atoms with Gasteiger partial charge >= 0.3 is 11.9 Å². The maximum atomic E-state index is 12.7. The van der Waals surface area contributed by atoms with Gasteiger partial charge in [0.25, 0.3) is 0 Å². The number of piperazine rings is 1. The fraction of sp³-hybridized carbons (Fsp3) is 0.294. The number of alkyl halides is 3. The van der Waals surface area contributed by atoms with Crippen molar-refractivity contribution in [2.45, 2.75) is 6.18 Å². The molecule has 0 saturated carbocycles. The van der Waals surface area contributed by atoms with Crippen LogP contribution in [0.5, 0.6) is 5.75 Å². The zero-order valence-corrected chi connectivity index (χ0v) is 15.0. The molecule has 0 amide bonds. The first-order chi connectivity index (χ1) is 13.8. The number of rotatable bonds is 5. The van der Waals surface area contributed by atoms with Crippen molar-refractivity contribution >= 4 is 11.4 Å². The van der Waals surface area contributed by atoms with Crippen molar-refractivity contribution in [3.8, 4) is 5.75 Å². The fourth-order valence-electron chi connectivity index (χ4n) is 2.81. The molecule has 1 fully saturated rings. The second kappa shape index (κ2) is 8.20. The molecule has 12 heteroatoms. The van der Waals surface area contributed by atoms with Gasteiger partial charge in [-0.1, -0.05) is 18.2 Å². The SMILES string of the molecule is O=[N+]([O-])c1cc(C(F)(F)F)ccc1O/N=[N+](\[O-])N1CCN(c2ccccc2)CC1. The van der Waals surface area contributed by atoms with E-state index >= 15 is 0 Å². The molecular formula is C17H16F3N5O4. The summed E-state index contributed by atoms with van der Waals surface area (Å²) in [6, 6.07) is 11.3. The predicted octanol–water partition coefficient (Wildman–Crippen LogP) is 3.61. The van der Waals surface area contributed by atoms with Gasteiger partial charge in [0.15, 0.2) is 0 Å². The van der Waals surface area contributed by atoms with Gasteiger partial charge in [-0.05, 0) is 24.3 Å². The summed E-state index contributed by atoms with van der Waals surface area (Å²) in [6.07, 6.45) is -4.75. The Morgan fingerprint density at radius 2 is 1.66 bits per heavy atom. The zero-order chi connectivity index (χ0) is 21.0. The minimum Gasteiger partial charge on any atom is -0.569 e. The molecule has 9 nitrogen and oxygen atoms in total. The monoisotopic (exact) mass is 411 g/mol. The van der Waals surface area contributed by atoms with Gasteiger partial charge in [-0.3, -0.25) is 15.0 Å². The van der Waals surface area contributed by atoms with Gasteiger partial charge in [0.2, 0.25) is 11.0 Å². The van der Waals surface area contributed by atoms with Gasteiger partial charge in [0, 0.05) is 24.8 Å². The van der Waals surface area contributed by atoms with Crippen molar-refractivity contribution in [2.75, 3.05) is 31.1 Å². The van der Waals surface area contributed by atoms with E-state index in [9.17, 15) is 28.5 Å². The van der Waals surface area contributed by atoms with Crippen molar-refractivity contribution < 1.29 is 27.9 Å². The minimum atomic E-state index is -4.75. The molecule has 0 bridgehead atoms. The normalized spacial score (nSPS) is 15.3. The van der Waals surface area contributed by atoms with E-state index in [0.717, 1.165) is 11.8 Å². The van der Waals surface area contributed by atoms with Gasteiger partial charge in [0.05, 0.1) is 28.5 Å². The van der Waals surface area contributed by atoms with Crippen LogP contribution < -0.4 is 9.74 Å². The number of benzene rings is 2. The number of nitro groups is 1. The maximum Gasteiger partial charge on any atom is 0.416 e. The number of hydrogen-bond acceptors (Lipinski definition) is 6. The van der Waals surface area contributed by atoms with E-state index in [1.54, 1.807) is 0 Å². The highest BCUT2D eigenvalue weighted by molar-refractivity contribution is 5.49. The molecule has 0 atom stereocenters. The van der Waals surface area contributed by atoms with Gasteiger partial charge in [-0.2, -0.15) is 13.2 Å². The van der Waals surface area contributed by atoms with E-state index in [4.69, 9.17) is 4.84 Å². The highest BCUT2D eigenvalue weighted by Crippen LogP contribution is 2.36. The molecular weight excluding hydrogens is 395 g/mol. The van der Waals surface area contributed by atoms with Crippen LogP contribution >= 0.6 is 0 Å². The molecule has 0 N–H and O–H groups in total. The summed E-state index contributed by atoms with van der Waals surface area (Å²) in [5, 5.41) is 27.7. The van der Waals surface area contributed by atoms with Crippen LogP contribution in [0.25, 0.3) is 0 Å². The molecule has 1 heterocycles. The summed E-state index contributed by atoms with van der Waals surface area (Å²) in [5.41, 5.74) is -1.13. The van der Waals surface area contributed by atoms with Crippen LogP contribution in [0.3, 0.4) is 0 Å². The number of anilines is 1. The molecule has 0 aliphatic carbocycles. The highest BCUT2D eigenvalue weighted by atomic mass is 19.4. The molecule has 1 saturated heterocycles. The molecule has 1 aliphatic rings. The van der Waals surface area contributed by atoms with Crippen molar-refractivity contribution in [1.82, 2.24) is 5.01 Å². The third-order valence-electron chi connectivity index (χ3n) is 4.31. The number of nitrogens with zero attached hydrogens (tertiary/aromatic N) is 5. The van der Waals surface area contributed by atoms with Crippen LogP contribution in [0.4, 0.5) is 24.5 Å². The standard InChI is InChI=1S/C17H16F3N5O4/c18-17(19,20)13-6-7-16(15(12-13)24(26)27)29-21-25(28)23-10-8-22(9-11-23)14-4-2-1-3-5-14/h1-7,12H,8-11H2/b25-21-. The number of hydrogen-bond donors (Lipinski definition) is 0. The Bertz CT molecular complexity index is 900. The van der Waals surface area contributed by atoms with Crippen LogP contribution in [0, 0.1) is 15.3 Å². The summed E-state index contributed by atoms with van der Waals surface area (Å²) in [7, 11) is 0. The first-order valence-corrected chi connectivity index (χ1v) is 8.51. The van der Waals surface area contributed by atoms with Gasteiger partial charge in [-0.25, -0.2) is 0 Å². The first kappa shape index (κ1) is 20.2. The Hall–Kier alpha value is -3.57. The molecule has 0 aromatic heterocycles.